The number of aryl methyl sites for hydroxylation is 1. The maximum atomic E-state index is 10.9. The first kappa shape index (κ1) is 11.1. The highest BCUT2D eigenvalue weighted by molar-refractivity contribution is 6.27. The van der Waals surface area contributed by atoms with Crippen LogP contribution in [0.5, 0.6) is 0 Å². The van der Waals surface area contributed by atoms with Crippen molar-refractivity contribution in [3.05, 3.63) is 35.4 Å². The van der Waals surface area contributed by atoms with E-state index >= 15 is 0 Å². The third-order valence-electron chi connectivity index (χ3n) is 2.04. The van der Waals surface area contributed by atoms with Gasteiger partial charge < -0.3 is 5.32 Å². The number of nitrogens with one attached hydrogen (secondary N) is 1. The van der Waals surface area contributed by atoms with Crippen molar-refractivity contribution < 1.29 is 4.79 Å². The summed E-state index contributed by atoms with van der Waals surface area (Å²) >= 11 is 5.35. The Morgan fingerprint density at radius 2 is 1.86 bits per heavy atom. The summed E-state index contributed by atoms with van der Waals surface area (Å²) in [5.41, 5.74) is 2.40. The fourth-order valence-electron chi connectivity index (χ4n) is 1.14. The van der Waals surface area contributed by atoms with Crippen molar-refractivity contribution in [2.75, 3.05) is 5.88 Å². The molecule has 1 amide bonds. The maximum absolute atomic E-state index is 10.9. The van der Waals surface area contributed by atoms with Crippen LogP contribution >= 0.6 is 11.6 Å². The molecule has 0 bridgehead atoms. The smallest absolute Gasteiger partial charge is 0.235 e. The fourth-order valence-corrected chi connectivity index (χ4v) is 1.24. The zero-order chi connectivity index (χ0) is 10.4. The molecule has 1 aromatic carbocycles. The molecule has 0 radical (unpaired) electrons. The second kappa shape index (κ2) is 5.66. The Morgan fingerprint density at radius 3 is 2.36 bits per heavy atom. The minimum Gasteiger partial charge on any atom is -0.351 e. The van der Waals surface area contributed by atoms with E-state index in [4.69, 9.17) is 11.6 Å². The van der Waals surface area contributed by atoms with Gasteiger partial charge in [-0.05, 0) is 17.5 Å². The highest BCUT2D eigenvalue weighted by atomic mass is 35.5. The molecule has 0 unspecified atom stereocenters. The Labute approximate surface area is 89.3 Å². The van der Waals surface area contributed by atoms with E-state index in [-0.39, 0.29) is 11.8 Å². The van der Waals surface area contributed by atoms with Crippen molar-refractivity contribution in [1.29, 1.82) is 0 Å². The van der Waals surface area contributed by atoms with E-state index in [1.165, 1.54) is 5.56 Å². The lowest BCUT2D eigenvalue weighted by Crippen LogP contribution is -2.23. The monoisotopic (exact) mass is 211 g/mol. The zero-order valence-electron chi connectivity index (χ0n) is 8.22. The number of halogens is 1. The third-order valence-corrected chi connectivity index (χ3v) is 2.29. The van der Waals surface area contributed by atoms with E-state index in [0.29, 0.717) is 6.54 Å². The van der Waals surface area contributed by atoms with Gasteiger partial charge in [0.25, 0.3) is 0 Å². The molecule has 1 aromatic rings. The number of rotatable bonds is 4. The minimum atomic E-state index is -0.133. The second-order valence-corrected chi connectivity index (χ2v) is 3.35. The number of benzene rings is 1. The van der Waals surface area contributed by atoms with Gasteiger partial charge in [0, 0.05) is 6.54 Å². The lowest BCUT2D eigenvalue weighted by atomic mass is 10.1. The van der Waals surface area contributed by atoms with Gasteiger partial charge in [0.1, 0.15) is 5.88 Å². The van der Waals surface area contributed by atoms with Crippen molar-refractivity contribution in [2.24, 2.45) is 0 Å². The SMILES string of the molecule is CCc1ccc(CNC(=O)CCl)cc1. The molecule has 0 aromatic heterocycles. The van der Waals surface area contributed by atoms with Gasteiger partial charge in [0.05, 0.1) is 0 Å². The summed E-state index contributed by atoms with van der Waals surface area (Å²) in [5, 5.41) is 2.72. The molecule has 0 heterocycles. The molecular formula is C11H14ClNO. The summed E-state index contributed by atoms with van der Waals surface area (Å²) in [7, 11) is 0. The molecule has 0 aliphatic carbocycles. The maximum Gasteiger partial charge on any atom is 0.235 e. The average Bonchev–Trinajstić information content (AvgIpc) is 2.26. The molecule has 1 rings (SSSR count). The zero-order valence-corrected chi connectivity index (χ0v) is 8.97. The van der Waals surface area contributed by atoms with Gasteiger partial charge in [-0.3, -0.25) is 4.79 Å². The summed E-state index contributed by atoms with van der Waals surface area (Å²) in [5.74, 6) is -0.112. The van der Waals surface area contributed by atoms with Crippen LogP contribution in [0.3, 0.4) is 0 Å². The first-order valence-electron chi connectivity index (χ1n) is 4.66. The lowest BCUT2D eigenvalue weighted by Gasteiger charge is -2.03. The van der Waals surface area contributed by atoms with Crippen molar-refractivity contribution >= 4 is 17.5 Å². The van der Waals surface area contributed by atoms with Crippen LogP contribution < -0.4 is 5.32 Å². The van der Waals surface area contributed by atoms with E-state index in [1.807, 2.05) is 12.1 Å². The van der Waals surface area contributed by atoms with Crippen LogP contribution in [0.4, 0.5) is 0 Å². The van der Waals surface area contributed by atoms with Gasteiger partial charge in [-0.15, -0.1) is 11.6 Å². The molecule has 76 valence electrons. The molecule has 14 heavy (non-hydrogen) atoms. The number of hydrogen-bond acceptors (Lipinski definition) is 1. The van der Waals surface area contributed by atoms with Crippen molar-refractivity contribution in [1.82, 2.24) is 5.32 Å². The van der Waals surface area contributed by atoms with E-state index in [2.05, 4.69) is 24.4 Å². The van der Waals surface area contributed by atoms with Crippen LogP contribution in [0.1, 0.15) is 18.1 Å². The summed E-state index contributed by atoms with van der Waals surface area (Å²) in [4.78, 5) is 10.9. The quantitative estimate of drug-likeness (QED) is 0.760. The van der Waals surface area contributed by atoms with Gasteiger partial charge in [-0.2, -0.15) is 0 Å². The summed E-state index contributed by atoms with van der Waals surface area (Å²) in [6, 6.07) is 8.19. The van der Waals surface area contributed by atoms with Crippen molar-refractivity contribution in [3.63, 3.8) is 0 Å². The van der Waals surface area contributed by atoms with Crippen LogP contribution in [-0.4, -0.2) is 11.8 Å². The van der Waals surface area contributed by atoms with Crippen LogP contribution in [0, 0.1) is 0 Å². The molecule has 0 saturated carbocycles. The number of carbonyl (C=O) groups excluding carboxylic acids is 1. The minimum absolute atomic E-state index is 0.0209. The Bertz CT molecular complexity index is 295. The van der Waals surface area contributed by atoms with Crippen LogP contribution in [0.25, 0.3) is 0 Å². The molecule has 0 spiro atoms. The van der Waals surface area contributed by atoms with Gasteiger partial charge in [0.2, 0.25) is 5.91 Å². The number of amides is 1. The Balaban J connectivity index is 2.47. The summed E-state index contributed by atoms with van der Waals surface area (Å²) in [6.07, 6.45) is 1.04. The highest BCUT2D eigenvalue weighted by Crippen LogP contribution is 2.04. The Hall–Kier alpha value is -1.02. The summed E-state index contributed by atoms with van der Waals surface area (Å²) < 4.78 is 0. The second-order valence-electron chi connectivity index (χ2n) is 3.08. The number of alkyl halides is 1. The predicted octanol–water partition coefficient (Wildman–Crippen LogP) is 2.10. The lowest BCUT2D eigenvalue weighted by molar-refractivity contribution is -0.118. The fraction of sp³-hybridized carbons (Fsp3) is 0.364. The predicted molar refractivity (Wildman–Crippen MR) is 58.4 cm³/mol. The first-order valence-corrected chi connectivity index (χ1v) is 5.20. The molecule has 0 aliphatic rings. The average molecular weight is 212 g/mol. The van der Waals surface area contributed by atoms with Crippen LogP contribution in [0.15, 0.2) is 24.3 Å². The van der Waals surface area contributed by atoms with Crippen LogP contribution in [-0.2, 0) is 17.8 Å². The molecule has 3 heteroatoms. The molecular weight excluding hydrogens is 198 g/mol. The number of hydrogen-bond donors (Lipinski definition) is 1. The number of carbonyl (C=O) groups is 1. The first-order chi connectivity index (χ1) is 6.76. The van der Waals surface area contributed by atoms with E-state index in [0.717, 1.165) is 12.0 Å². The molecule has 1 N–H and O–H groups in total. The summed E-state index contributed by atoms with van der Waals surface area (Å²) in [6.45, 7) is 2.67. The van der Waals surface area contributed by atoms with Gasteiger partial charge >= 0.3 is 0 Å². The molecule has 0 saturated heterocycles. The van der Waals surface area contributed by atoms with Gasteiger partial charge in [-0.25, -0.2) is 0 Å². The molecule has 2 nitrogen and oxygen atoms in total. The van der Waals surface area contributed by atoms with Gasteiger partial charge in [0.15, 0.2) is 0 Å². The topological polar surface area (TPSA) is 29.1 Å². The molecule has 0 atom stereocenters. The largest absolute Gasteiger partial charge is 0.351 e. The van der Waals surface area contributed by atoms with Crippen LogP contribution in [0.2, 0.25) is 0 Å². The van der Waals surface area contributed by atoms with Gasteiger partial charge in [-0.1, -0.05) is 31.2 Å². The molecule has 0 fully saturated rings. The Kier molecular flexibility index (Phi) is 4.47. The normalized spacial score (nSPS) is 9.86. The van der Waals surface area contributed by atoms with E-state index in [1.54, 1.807) is 0 Å². The third kappa shape index (κ3) is 3.38. The highest BCUT2D eigenvalue weighted by Gasteiger charge is 1.98. The molecule has 0 aliphatic heterocycles. The Morgan fingerprint density at radius 1 is 1.29 bits per heavy atom. The van der Waals surface area contributed by atoms with Crippen molar-refractivity contribution in [3.8, 4) is 0 Å². The van der Waals surface area contributed by atoms with Crippen molar-refractivity contribution in [2.45, 2.75) is 19.9 Å². The van der Waals surface area contributed by atoms with E-state index < -0.39 is 0 Å². The standard InChI is InChI=1S/C11H14ClNO/c1-2-9-3-5-10(6-4-9)8-13-11(14)7-12/h3-6H,2,7-8H2,1H3,(H,13,14). The van der Waals surface area contributed by atoms with E-state index in [9.17, 15) is 4.79 Å².